The summed E-state index contributed by atoms with van der Waals surface area (Å²) < 4.78 is 10.6. The lowest BCUT2D eigenvalue weighted by atomic mass is 9.96. The summed E-state index contributed by atoms with van der Waals surface area (Å²) in [4.78, 5) is 0. The highest BCUT2D eigenvalue weighted by Gasteiger charge is 2.22. The zero-order valence-electron chi connectivity index (χ0n) is 8.53. The topological polar surface area (TPSA) is 38.7 Å². The lowest BCUT2D eigenvalue weighted by Crippen LogP contribution is -2.33. The predicted octanol–water partition coefficient (Wildman–Crippen LogP) is 1.20. The van der Waals surface area contributed by atoms with Crippen molar-refractivity contribution in [3.63, 3.8) is 0 Å². The maximum Gasteiger partial charge on any atom is 0.0823 e. The molecule has 78 valence electrons. The van der Waals surface area contributed by atoms with E-state index in [1.807, 2.05) is 13.8 Å². The van der Waals surface area contributed by atoms with E-state index in [0.717, 1.165) is 19.4 Å². The molecule has 3 heteroatoms. The van der Waals surface area contributed by atoms with Crippen molar-refractivity contribution in [2.45, 2.75) is 38.9 Å². The zero-order valence-corrected chi connectivity index (χ0v) is 8.53. The Balaban J connectivity index is 2.17. The van der Waals surface area contributed by atoms with Gasteiger partial charge in [0.2, 0.25) is 0 Å². The molecule has 0 amide bonds. The van der Waals surface area contributed by atoms with E-state index in [4.69, 9.17) is 9.47 Å². The normalized spacial score (nSPS) is 26.3. The van der Waals surface area contributed by atoms with Gasteiger partial charge in [-0.25, -0.2) is 0 Å². The van der Waals surface area contributed by atoms with Gasteiger partial charge in [0, 0.05) is 12.5 Å². The Morgan fingerprint density at radius 1 is 1.54 bits per heavy atom. The van der Waals surface area contributed by atoms with Crippen molar-refractivity contribution in [1.82, 2.24) is 0 Å². The van der Waals surface area contributed by atoms with Gasteiger partial charge in [-0.1, -0.05) is 0 Å². The van der Waals surface area contributed by atoms with Crippen molar-refractivity contribution < 1.29 is 14.6 Å². The van der Waals surface area contributed by atoms with E-state index in [9.17, 15) is 5.11 Å². The molecule has 1 fully saturated rings. The second-order valence-corrected chi connectivity index (χ2v) is 3.93. The molecule has 3 nitrogen and oxygen atoms in total. The number of hydrogen-bond acceptors (Lipinski definition) is 3. The SMILES string of the molecule is CC(C)OCC(O)C1CCCOC1. The molecule has 1 rings (SSSR count). The van der Waals surface area contributed by atoms with Gasteiger partial charge in [0.05, 0.1) is 25.4 Å². The van der Waals surface area contributed by atoms with E-state index in [1.54, 1.807) is 0 Å². The van der Waals surface area contributed by atoms with E-state index in [1.165, 1.54) is 0 Å². The number of ether oxygens (including phenoxy) is 2. The van der Waals surface area contributed by atoms with Crippen LogP contribution in [-0.4, -0.2) is 37.1 Å². The Kier molecular flexibility index (Phi) is 4.70. The molecular formula is C10H20O3. The lowest BCUT2D eigenvalue weighted by Gasteiger charge is -2.26. The number of rotatable bonds is 4. The third-order valence-corrected chi connectivity index (χ3v) is 2.34. The van der Waals surface area contributed by atoms with Crippen LogP contribution in [-0.2, 0) is 9.47 Å². The molecule has 0 bridgehead atoms. The molecule has 0 aromatic rings. The number of hydrogen-bond donors (Lipinski definition) is 1. The summed E-state index contributed by atoms with van der Waals surface area (Å²) in [6, 6.07) is 0. The maximum absolute atomic E-state index is 9.72. The molecule has 0 aromatic heterocycles. The molecule has 0 aromatic carbocycles. The Morgan fingerprint density at radius 2 is 2.31 bits per heavy atom. The maximum atomic E-state index is 9.72. The fourth-order valence-electron chi connectivity index (χ4n) is 1.50. The van der Waals surface area contributed by atoms with Crippen molar-refractivity contribution in [2.75, 3.05) is 19.8 Å². The molecule has 0 saturated carbocycles. The van der Waals surface area contributed by atoms with Crippen molar-refractivity contribution >= 4 is 0 Å². The fourth-order valence-corrected chi connectivity index (χ4v) is 1.50. The molecule has 0 radical (unpaired) electrons. The minimum absolute atomic E-state index is 0.194. The Labute approximate surface area is 80.0 Å². The zero-order chi connectivity index (χ0) is 9.68. The van der Waals surface area contributed by atoms with Gasteiger partial charge in [0.25, 0.3) is 0 Å². The Morgan fingerprint density at radius 3 is 2.85 bits per heavy atom. The first-order valence-electron chi connectivity index (χ1n) is 5.07. The number of aliphatic hydroxyl groups is 1. The molecule has 0 aliphatic carbocycles. The summed E-state index contributed by atoms with van der Waals surface area (Å²) in [5.74, 6) is 0.271. The van der Waals surface area contributed by atoms with Crippen LogP contribution in [0, 0.1) is 5.92 Å². The highest BCUT2D eigenvalue weighted by atomic mass is 16.5. The minimum Gasteiger partial charge on any atom is -0.390 e. The first-order valence-corrected chi connectivity index (χ1v) is 5.07. The van der Waals surface area contributed by atoms with Gasteiger partial charge in [-0.05, 0) is 26.7 Å². The van der Waals surface area contributed by atoms with Crippen LogP contribution in [0.15, 0.2) is 0 Å². The average molecular weight is 188 g/mol. The van der Waals surface area contributed by atoms with Crippen LogP contribution >= 0.6 is 0 Å². The summed E-state index contributed by atoms with van der Waals surface area (Å²) in [5, 5.41) is 9.72. The van der Waals surface area contributed by atoms with Crippen LogP contribution in [0.3, 0.4) is 0 Å². The van der Waals surface area contributed by atoms with Crippen molar-refractivity contribution in [3.05, 3.63) is 0 Å². The summed E-state index contributed by atoms with van der Waals surface area (Å²) in [5.41, 5.74) is 0. The molecule has 2 unspecified atom stereocenters. The molecule has 1 heterocycles. The molecule has 0 spiro atoms. The van der Waals surface area contributed by atoms with E-state index >= 15 is 0 Å². The lowest BCUT2D eigenvalue weighted by molar-refractivity contribution is -0.0586. The molecule has 13 heavy (non-hydrogen) atoms. The van der Waals surface area contributed by atoms with Gasteiger partial charge >= 0.3 is 0 Å². The van der Waals surface area contributed by atoms with Gasteiger partial charge in [0.1, 0.15) is 0 Å². The Bertz CT molecular complexity index is 130. The minimum atomic E-state index is -0.359. The van der Waals surface area contributed by atoms with Crippen LogP contribution in [0.5, 0.6) is 0 Å². The first-order chi connectivity index (χ1) is 6.20. The first kappa shape index (κ1) is 11.0. The predicted molar refractivity (Wildman–Crippen MR) is 50.6 cm³/mol. The molecule has 1 saturated heterocycles. The second-order valence-electron chi connectivity index (χ2n) is 3.93. The van der Waals surface area contributed by atoms with Crippen LogP contribution in [0.2, 0.25) is 0 Å². The quantitative estimate of drug-likeness (QED) is 0.720. The molecule has 1 aliphatic heterocycles. The summed E-state index contributed by atoms with van der Waals surface area (Å²) in [6.45, 7) is 5.91. The monoisotopic (exact) mass is 188 g/mol. The third kappa shape index (κ3) is 4.07. The highest BCUT2D eigenvalue weighted by molar-refractivity contribution is 4.71. The van der Waals surface area contributed by atoms with E-state index < -0.39 is 0 Å². The molecule has 1 N–H and O–H groups in total. The smallest absolute Gasteiger partial charge is 0.0823 e. The van der Waals surface area contributed by atoms with Gasteiger partial charge in [-0.15, -0.1) is 0 Å². The van der Waals surface area contributed by atoms with Crippen molar-refractivity contribution in [3.8, 4) is 0 Å². The third-order valence-electron chi connectivity index (χ3n) is 2.34. The van der Waals surface area contributed by atoms with Gasteiger partial charge < -0.3 is 14.6 Å². The van der Waals surface area contributed by atoms with Crippen LogP contribution in [0.1, 0.15) is 26.7 Å². The summed E-state index contributed by atoms with van der Waals surface area (Å²) >= 11 is 0. The average Bonchev–Trinajstić information content (AvgIpc) is 2.15. The van der Waals surface area contributed by atoms with E-state index in [0.29, 0.717) is 13.2 Å². The van der Waals surface area contributed by atoms with Gasteiger partial charge in [-0.2, -0.15) is 0 Å². The molecule has 2 atom stereocenters. The Hall–Kier alpha value is -0.120. The van der Waals surface area contributed by atoms with Crippen LogP contribution < -0.4 is 0 Å². The molecular weight excluding hydrogens is 168 g/mol. The van der Waals surface area contributed by atoms with Crippen molar-refractivity contribution in [2.24, 2.45) is 5.92 Å². The fraction of sp³-hybridized carbons (Fsp3) is 1.00. The summed E-state index contributed by atoms with van der Waals surface area (Å²) in [6.07, 6.45) is 1.95. The summed E-state index contributed by atoms with van der Waals surface area (Å²) in [7, 11) is 0. The standard InChI is InChI=1S/C10H20O3/c1-8(2)13-7-10(11)9-4-3-5-12-6-9/h8-11H,3-7H2,1-2H3. The second kappa shape index (κ2) is 5.58. The van der Waals surface area contributed by atoms with Gasteiger partial charge in [-0.3, -0.25) is 0 Å². The van der Waals surface area contributed by atoms with E-state index in [2.05, 4.69) is 0 Å². The molecule has 1 aliphatic rings. The van der Waals surface area contributed by atoms with E-state index in [-0.39, 0.29) is 18.1 Å². The van der Waals surface area contributed by atoms with Crippen LogP contribution in [0.4, 0.5) is 0 Å². The van der Waals surface area contributed by atoms with Crippen molar-refractivity contribution in [1.29, 1.82) is 0 Å². The van der Waals surface area contributed by atoms with Crippen LogP contribution in [0.25, 0.3) is 0 Å². The van der Waals surface area contributed by atoms with Gasteiger partial charge in [0.15, 0.2) is 0 Å². The highest BCUT2D eigenvalue weighted by Crippen LogP contribution is 2.17. The largest absolute Gasteiger partial charge is 0.390 e. The number of aliphatic hydroxyl groups excluding tert-OH is 1.